The van der Waals surface area contributed by atoms with Crippen LogP contribution in [0, 0.1) is 0 Å². The van der Waals surface area contributed by atoms with Crippen LogP contribution in [0.2, 0.25) is 0 Å². The lowest BCUT2D eigenvalue weighted by Gasteiger charge is -2.10. The Kier molecular flexibility index (Phi) is 4.30. The van der Waals surface area contributed by atoms with Crippen molar-refractivity contribution >= 4 is 39.7 Å². The average molecular weight is 342 g/mol. The highest BCUT2D eigenvalue weighted by molar-refractivity contribution is 7.12. The predicted molar refractivity (Wildman–Crippen MR) is 92.0 cm³/mol. The maximum atomic E-state index is 12.3. The number of nitrogens with two attached hydrogens (primary N) is 1. The zero-order chi connectivity index (χ0) is 17.1. The number of hydrogen-bond donors (Lipinski definition) is 3. The molecule has 3 rings (SSSR count). The van der Waals surface area contributed by atoms with Crippen LogP contribution < -0.4 is 21.3 Å². The summed E-state index contributed by atoms with van der Waals surface area (Å²) < 4.78 is 5.16. The first kappa shape index (κ1) is 15.8. The lowest BCUT2D eigenvalue weighted by atomic mass is 10.1. The molecule has 1 aromatic carbocycles. The second kappa shape index (κ2) is 6.55. The van der Waals surface area contributed by atoms with Crippen molar-refractivity contribution in [2.45, 2.75) is 0 Å². The van der Waals surface area contributed by atoms with Crippen molar-refractivity contribution in [2.24, 2.45) is 0 Å². The number of rotatable bonds is 3. The number of anilines is 1. The van der Waals surface area contributed by atoms with Gasteiger partial charge in [-0.05, 0) is 29.6 Å². The second-order valence-electron chi connectivity index (χ2n) is 4.85. The van der Waals surface area contributed by atoms with E-state index in [0.29, 0.717) is 21.5 Å². The lowest BCUT2D eigenvalue weighted by molar-refractivity contribution is 0.0849. The number of fused-ring (bicyclic) bond motifs is 1. The first-order chi connectivity index (χ1) is 11.6. The van der Waals surface area contributed by atoms with Crippen molar-refractivity contribution in [3.63, 3.8) is 0 Å². The van der Waals surface area contributed by atoms with Gasteiger partial charge in [-0.1, -0.05) is 6.07 Å². The van der Waals surface area contributed by atoms with E-state index in [9.17, 15) is 9.59 Å². The normalized spacial score (nSPS) is 10.4. The number of nitrogens with zero attached hydrogens (tertiary/aromatic N) is 1. The smallest absolute Gasteiger partial charge is 0.279 e. The van der Waals surface area contributed by atoms with E-state index in [2.05, 4.69) is 15.8 Å². The van der Waals surface area contributed by atoms with E-state index in [0.717, 1.165) is 0 Å². The first-order valence-electron chi connectivity index (χ1n) is 6.96. The molecule has 0 saturated carbocycles. The largest absolute Gasteiger partial charge is 0.497 e. The number of carbonyl (C=O) groups is 2. The molecule has 0 radical (unpaired) electrons. The molecule has 122 valence electrons. The van der Waals surface area contributed by atoms with Gasteiger partial charge in [-0.15, -0.1) is 11.3 Å². The monoisotopic (exact) mass is 342 g/mol. The number of hydrogen-bond acceptors (Lipinski definition) is 6. The van der Waals surface area contributed by atoms with E-state index in [-0.39, 0.29) is 11.3 Å². The number of thiophene rings is 1. The standard InChI is InChI=1S/C16H14N4O3S/c1-23-9-4-5-12-10(7-9)14(17)11(8-18-12)15(21)19-20-16(22)13-3-2-6-24-13/h2-8H,1H3,(H2,17,18)(H,19,21)(H,20,22). The van der Waals surface area contributed by atoms with Crippen LogP contribution in [-0.4, -0.2) is 23.9 Å². The van der Waals surface area contributed by atoms with Gasteiger partial charge < -0.3 is 10.5 Å². The highest BCUT2D eigenvalue weighted by atomic mass is 32.1. The molecule has 2 aromatic heterocycles. The van der Waals surface area contributed by atoms with Gasteiger partial charge in [0.15, 0.2) is 0 Å². The van der Waals surface area contributed by atoms with Crippen LogP contribution in [0.15, 0.2) is 41.9 Å². The van der Waals surface area contributed by atoms with Crippen LogP contribution in [0.4, 0.5) is 5.69 Å². The van der Waals surface area contributed by atoms with Gasteiger partial charge in [0.25, 0.3) is 11.8 Å². The molecule has 0 bridgehead atoms. The van der Waals surface area contributed by atoms with Gasteiger partial charge in [-0.2, -0.15) is 0 Å². The van der Waals surface area contributed by atoms with Crippen molar-refractivity contribution in [3.8, 4) is 5.75 Å². The summed E-state index contributed by atoms with van der Waals surface area (Å²) in [6.07, 6.45) is 1.37. The number of ether oxygens (including phenoxy) is 1. The summed E-state index contributed by atoms with van der Waals surface area (Å²) >= 11 is 1.27. The summed E-state index contributed by atoms with van der Waals surface area (Å²) in [6, 6.07) is 8.63. The fourth-order valence-corrected chi connectivity index (χ4v) is 2.77. The number of benzene rings is 1. The molecule has 0 spiro atoms. The van der Waals surface area contributed by atoms with E-state index in [1.165, 1.54) is 17.5 Å². The van der Waals surface area contributed by atoms with Crippen LogP contribution in [-0.2, 0) is 0 Å². The van der Waals surface area contributed by atoms with Gasteiger partial charge in [-0.3, -0.25) is 25.4 Å². The molecule has 3 aromatic rings. The van der Waals surface area contributed by atoms with Crippen LogP contribution >= 0.6 is 11.3 Å². The highest BCUT2D eigenvalue weighted by Gasteiger charge is 2.15. The number of methoxy groups -OCH3 is 1. The molecule has 7 nitrogen and oxygen atoms in total. The Morgan fingerprint density at radius 1 is 1.21 bits per heavy atom. The fourth-order valence-electron chi connectivity index (χ4n) is 2.15. The van der Waals surface area contributed by atoms with Crippen molar-refractivity contribution in [3.05, 3.63) is 52.3 Å². The lowest BCUT2D eigenvalue weighted by Crippen LogP contribution is -2.41. The van der Waals surface area contributed by atoms with Crippen molar-refractivity contribution in [1.29, 1.82) is 0 Å². The highest BCUT2D eigenvalue weighted by Crippen LogP contribution is 2.26. The van der Waals surface area contributed by atoms with Crippen molar-refractivity contribution in [1.82, 2.24) is 15.8 Å². The summed E-state index contributed by atoms with van der Waals surface area (Å²) in [5.74, 6) is -0.332. The molecule has 0 atom stereocenters. The summed E-state index contributed by atoms with van der Waals surface area (Å²) in [6.45, 7) is 0. The molecule has 4 N–H and O–H groups in total. The quantitative estimate of drug-likeness (QED) is 0.631. The SMILES string of the molecule is COc1ccc2ncc(C(=O)NNC(=O)c3cccs3)c(N)c2c1. The summed E-state index contributed by atoms with van der Waals surface area (Å²) in [4.78, 5) is 28.8. The third-order valence-electron chi connectivity index (χ3n) is 3.40. The number of pyridine rings is 1. The number of nitrogen functional groups attached to an aromatic ring is 1. The molecule has 2 amide bonds. The van der Waals surface area contributed by atoms with Gasteiger partial charge in [0.05, 0.1) is 28.8 Å². The van der Waals surface area contributed by atoms with Gasteiger partial charge >= 0.3 is 0 Å². The maximum absolute atomic E-state index is 12.3. The number of carbonyl (C=O) groups excluding carboxylic acids is 2. The minimum absolute atomic E-state index is 0.169. The predicted octanol–water partition coefficient (Wildman–Crippen LogP) is 1.96. The molecule has 0 fully saturated rings. The van der Waals surface area contributed by atoms with Crippen LogP contribution in [0.5, 0.6) is 5.75 Å². The minimum Gasteiger partial charge on any atom is -0.497 e. The Morgan fingerprint density at radius 2 is 2.00 bits per heavy atom. The molecule has 0 unspecified atom stereocenters. The molecule has 0 aliphatic carbocycles. The van der Waals surface area contributed by atoms with Crippen molar-refractivity contribution in [2.75, 3.05) is 12.8 Å². The second-order valence-corrected chi connectivity index (χ2v) is 5.80. The Bertz CT molecular complexity index is 909. The van der Waals surface area contributed by atoms with Gasteiger partial charge in [0, 0.05) is 11.6 Å². The molecule has 24 heavy (non-hydrogen) atoms. The molecule has 0 aliphatic rings. The van der Waals surface area contributed by atoms with Crippen molar-refractivity contribution < 1.29 is 14.3 Å². The Labute approximate surface area is 141 Å². The van der Waals surface area contributed by atoms with Crippen LogP contribution in [0.25, 0.3) is 10.9 Å². The zero-order valence-corrected chi connectivity index (χ0v) is 13.5. The van der Waals surface area contributed by atoms with Crippen LogP contribution in [0.3, 0.4) is 0 Å². The van der Waals surface area contributed by atoms with E-state index in [4.69, 9.17) is 10.5 Å². The molecule has 0 saturated heterocycles. The minimum atomic E-state index is -0.547. The molecule has 0 aliphatic heterocycles. The third kappa shape index (κ3) is 2.99. The molecular formula is C16H14N4O3S. The molecule has 8 heteroatoms. The van der Waals surface area contributed by atoms with Crippen LogP contribution in [0.1, 0.15) is 20.0 Å². The number of nitrogens with one attached hydrogen (secondary N) is 2. The zero-order valence-electron chi connectivity index (χ0n) is 12.7. The van der Waals surface area contributed by atoms with Gasteiger partial charge in [0.1, 0.15) is 5.75 Å². The third-order valence-corrected chi connectivity index (χ3v) is 4.26. The van der Waals surface area contributed by atoms with E-state index in [1.807, 2.05) is 0 Å². The number of aromatic nitrogens is 1. The Balaban J connectivity index is 1.82. The fraction of sp³-hybridized carbons (Fsp3) is 0.0625. The number of hydrazine groups is 1. The molecular weight excluding hydrogens is 328 g/mol. The Hall–Kier alpha value is -3.13. The maximum Gasteiger partial charge on any atom is 0.279 e. The van der Waals surface area contributed by atoms with E-state index in [1.54, 1.807) is 42.8 Å². The topological polar surface area (TPSA) is 106 Å². The summed E-state index contributed by atoms with van der Waals surface area (Å²) in [7, 11) is 1.54. The molecule has 2 heterocycles. The van der Waals surface area contributed by atoms with E-state index >= 15 is 0 Å². The Morgan fingerprint density at radius 3 is 2.71 bits per heavy atom. The van der Waals surface area contributed by atoms with Gasteiger partial charge in [-0.25, -0.2) is 0 Å². The average Bonchev–Trinajstić information content (AvgIpc) is 3.14. The van der Waals surface area contributed by atoms with E-state index < -0.39 is 11.8 Å². The first-order valence-corrected chi connectivity index (χ1v) is 7.84. The van der Waals surface area contributed by atoms with Gasteiger partial charge in [0.2, 0.25) is 0 Å². The number of amides is 2. The summed E-state index contributed by atoms with van der Waals surface area (Å²) in [5.41, 5.74) is 11.8. The summed E-state index contributed by atoms with van der Waals surface area (Å²) in [5, 5.41) is 2.38.